The molecule has 8 heteroatoms. The summed E-state index contributed by atoms with van der Waals surface area (Å²) >= 11 is 0. The molecular weight excluding hydrogens is 461 g/mol. The first-order valence-corrected chi connectivity index (χ1v) is 12.4. The van der Waals surface area contributed by atoms with E-state index in [2.05, 4.69) is 22.5 Å². The standard InChI is InChI=1S/C28H32FN3O4/c1-4-32(22-8-6-5-7-9-22)24-15-10-19(25-17(2)36-18(3)26(25)27(33)34)16-23(24)31-28(35)30-21-13-11-20(29)12-14-21/h10-16,22H,4-9H2,1-3H3,(H,33,34)(H2,30,31,35). The van der Waals surface area contributed by atoms with Gasteiger partial charge in [-0.15, -0.1) is 0 Å². The number of rotatable bonds is 7. The fourth-order valence-electron chi connectivity index (χ4n) is 5.17. The van der Waals surface area contributed by atoms with E-state index in [4.69, 9.17) is 4.42 Å². The Morgan fingerprint density at radius 3 is 2.36 bits per heavy atom. The van der Waals surface area contributed by atoms with Crippen LogP contribution in [0.4, 0.5) is 26.2 Å². The van der Waals surface area contributed by atoms with Gasteiger partial charge >= 0.3 is 12.0 Å². The fraction of sp³-hybridized carbons (Fsp3) is 0.357. The fourth-order valence-corrected chi connectivity index (χ4v) is 5.17. The number of nitrogens with zero attached hydrogens (tertiary/aromatic N) is 1. The Morgan fingerprint density at radius 1 is 1.03 bits per heavy atom. The lowest BCUT2D eigenvalue weighted by atomic mass is 9.93. The summed E-state index contributed by atoms with van der Waals surface area (Å²) in [6.45, 7) is 6.22. The third-order valence-electron chi connectivity index (χ3n) is 6.78. The van der Waals surface area contributed by atoms with E-state index >= 15 is 0 Å². The number of halogens is 1. The number of carboxylic acid groups (broad SMARTS) is 1. The van der Waals surface area contributed by atoms with E-state index in [9.17, 15) is 19.1 Å². The van der Waals surface area contributed by atoms with Gasteiger partial charge in [-0.25, -0.2) is 14.0 Å². The van der Waals surface area contributed by atoms with Gasteiger partial charge in [-0.1, -0.05) is 25.3 Å². The van der Waals surface area contributed by atoms with Crippen LogP contribution in [0, 0.1) is 19.7 Å². The van der Waals surface area contributed by atoms with Crippen LogP contribution in [-0.2, 0) is 0 Å². The van der Waals surface area contributed by atoms with Gasteiger partial charge < -0.3 is 25.1 Å². The minimum Gasteiger partial charge on any atom is -0.478 e. The molecule has 0 aliphatic heterocycles. The molecule has 0 unspecified atom stereocenters. The highest BCUT2D eigenvalue weighted by atomic mass is 19.1. The summed E-state index contributed by atoms with van der Waals surface area (Å²) in [6, 6.07) is 11.0. The second kappa shape index (κ2) is 10.8. The highest BCUT2D eigenvalue weighted by Gasteiger charge is 2.26. The number of carbonyl (C=O) groups excluding carboxylic acids is 1. The molecular formula is C28H32FN3O4. The number of nitrogens with one attached hydrogen (secondary N) is 2. The lowest BCUT2D eigenvalue weighted by Crippen LogP contribution is -2.37. The van der Waals surface area contributed by atoms with Crippen LogP contribution in [0.2, 0.25) is 0 Å². The quantitative estimate of drug-likeness (QED) is 0.323. The molecule has 1 aliphatic rings. The van der Waals surface area contributed by atoms with Crippen LogP contribution in [0.25, 0.3) is 11.1 Å². The summed E-state index contributed by atoms with van der Waals surface area (Å²) in [5.74, 6) is -0.620. The van der Waals surface area contributed by atoms with Crippen LogP contribution in [-0.4, -0.2) is 29.7 Å². The van der Waals surface area contributed by atoms with Gasteiger partial charge in [0.05, 0.1) is 11.4 Å². The van der Waals surface area contributed by atoms with Crippen molar-refractivity contribution in [2.75, 3.05) is 22.1 Å². The SMILES string of the molecule is CCN(c1ccc(-c2c(C)oc(C)c2C(=O)O)cc1NC(=O)Nc1ccc(F)cc1)C1CCCCC1. The number of hydrogen-bond donors (Lipinski definition) is 3. The molecule has 0 saturated heterocycles. The molecule has 1 saturated carbocycles. The van der Waals surface area contributed by atoms with Crippen molar-refractivity contribution >= 4 is 29.1 Å². The van der Waals surface area contributed by atoms with Crippen LogP contribution in [0.1, 0.15) is 60.9 Å². The molecule has 2 amide bonds. The zero-order valence-electron chi connectivity index (χ0n) is 20.9. The summed E-state index contributed by atoms with van der Waals surface area (Å²) in [6.07, 6.45) is 5.74. The third-order valence-corrected chi connectivity index (χ3v) is 6.78. The molecule has 0 bridgehead atoms. The normalized spacial score (nSPS) is 13.9. The van der Waals surface area contributed by atoms with Crippen LogP contribution in [0.3, 0.4) is 0 Å². The summed E-state index contributed by atoms with van der Waals surface area (Å²) < 4.78 is 18.9. The highest BCUT2D eigenvalue weighted by molar-refractivity contribution is 6.03. The second-order valence-corrected chi connectivity index (χ2v) is 9.17. The highest BCUT2D eigenvalue weighted by Crippen LogP contribution is 2.39. The lowest BCUT2D eigenvalue weighted by Gasteiger charge is -2.36. The first-order valence-electron chi connectivity index (χ1n) is 12.4. The van der Waals surface area contributed by atoms with E-state index in [1.807, 2.05) is 12.1 Å². The Hall–Kier alpha value is -3.81. The number of aromatic carboxylic acids is 1. The van der Waals surface area contributed by atoms with Crippen molar-refractivity contribution in [3.8, 4) is 11.1 Å². The second-order valence-electron chi connectivity index (χ2n) is 9.17. The Morgan fingerprint density at radius 2 is 1.72 bits per heavy atom. The molecule has 2 aromatic carbocycles. The molecule has 1 aromatic heterocycles. The number of carboxylic acids is 1. The molecule has 1 fully saturated rings. The Kier molecular flexibility index (Phi) is 7.62. The lowest BCUT2D eigenvalue weighted by molar-refractivity contribution is 0.0695. The summed E-state index contributed by atoms with van der Waals surface area (Å²) in [7, 11) is 0. The summed E-state index contributed by atoms with van der Waals surface area (Å²) in [5.41, 5.74) is 3.14. The molecule has 7 nitrogen and oxygen atoms in total. The maximum Gasteiger partial charge on any atom is 0.339 e. The minimum atomic E-state index is -1.07. The van der Waals surface area contributed by atoms with Crippen molar-refractivity contribution < 1.29 is 23.5 Å². The Labute approximate surface area is 210 Å². The Bertz CT molecular complexity index is 1250. The molecule has 36 heavy (non-hydrogen) atoms. The van der Waals surface area contributed by atoms with Gasteiger partial charge in [-0.2, -0.15) is 0 Å². The molecule has 0 atom stereocenters. The molecule has 190 valence electrons. The van der Waals surface area contributed by atoms with E-state index in [0.717, 1.165) is 25.1 Å². The smallest absolute Gasteiger partial charge is 0.339 e. The van der Waals surface area contributed by atoms with Crippen molar-refractivity contribution in [3.63, 3.8) is 0 Å². The first-order chi connectivity index (χ1) is 17.3. The van der Waals surface area contributed by atoms with Gasteiger partial charge in [0.1, 0.15) is 22.9 Å². The third kappa shape index (κ3) is 5.37. The van der Waals surface area contributed by atoms with E-state index < -0.39 is 12.0 Å². The average molecular weight is 494 g/mol. The van der Waals surface area contributed by atoms with Crippen LogP contribution < -0.4 is 15.5 Å². The van der Waals surface area contributed by atoms with Gasteiger partial charge in [0, 0.05) is 23.8 Å². The van der Waals surface area contributed by atoms with Crippen molar-refractivity contribution in [2.45, 2.75) is 58.9 Å². The van der Waals surface area contributed by atoms with Gasteiger partial charge in [-0.05, 0) is 75.6 Å². The number of benzene rings is 2. The maximum absolute atomic E-state index is 13.3. The molecule has 1 heterocycles. The van der Waals surface area contributed by atoms with Crippen molar-refractivity contribution in [1.29, 1.82) is 0 Å². The summed E-state index contributed by atoms with van der Waals surface area (Å²) in [5, 5.41) is 15.5. The molecule has 0 radical (unpaired) electrons. The number of furan rings is 1. The zero-order valence-corrected chi connectivity index (χ0v) is 20.9. The van der Waals surface area contributed by atoms with Crippen LogP contribution in [0.15, 0.2) is 46.9 Å². The van der Waals surface area contributed by atoms with E-state index in [1.54, 1.807) is 19.9 Å². The van der Waals surface area contributed by atoms with Gasteiger partial charge in [0.15, 0.2) is 0 Å². The zero-order chi connectivity index (χ0) is 25.8. The molecule has 3 aromatic rings. The largest absolute Gasteiger partial charge is 0.478 e. The number of amides is 2. The summed E-state index contributed by atoms with van der Waals surface area (Å²) in [4.78, 5) is 27.2. The van der Waals surface area contributed by atoms with Crippen LogP contribution in [0.5, 0.6) is 0 Å². The predicted octanol–water partition coefficient (Wildman–Crippen LogP) is 7.20. The Balaban J connectivity index is 1.74. The average Bonchev–Trinajstić information content (AvgIpc) is 3.16. The van der Waals surface area contributed by atoms with Crippen molar-refractivity contribution in [1.82, 2.24) is 0 Å². The topological polar surface area (TPSA) is 94.8 Å². The molecule has 0 spiro atoms. The number of carbonyl (C=O) groups is 2. The van der Waals surface area contributed by atoms with Crippen molar-refractivity contribution in [3.05, 3.63) is 65.4 Å². The number of aryl methyl sites for hydroxylation is 2. The van der Waals surface area contributed by atoms with E-state index in [0.29, 0.717) is 40.1 Å². The molecule has 3 N–H and O–H groups in total. The van der Waals surface area contributed by atoms with E-state index in [1.165, 1.54) is 43.5 Å². The minimum absolute atomic E-state index is 0.113. The van der Waals surface area contributed by atoms with Gasteiger partial charge in [-0.3, -0.25) is 0 Å². The van der Waals surface area contributed by atoms with E-state index in [-0.39, 0.29) is 11.4 Å². The maximum atomic E-state index is 13.3. The monoisotopic (exact) mass is 493 g/mol. The first kappa shape index (κ1) is 25.3. The van der Waals surface area contributed by atoms with Gasteiger partial charge in [0.2, 0.25) is 0 Å². The number of anilines is 3. The predicted molar refractivity (Wildman–Crippen MR) is 140 cm³/mol. The van der Waals surface area contributed by atoms with Crippen molar-refractivity contribution in [2.24, 2.45) is 0 Å². The molecule has 1 aliphatic carbocycles. The number of hydrogen-bond acceptors (Lipinski definition) is 4. The van der Waals surface area contributed by atoms with Gasteiger partial charge in [0.25, 0.3) is 0 Å². The molecule has 4 rings (SSSR count). The number of urea groups is 1. The van der Waals surface area contributed by atoms with Crippen LogP contribution >= 0.6 is 0 Å².